The summed E-state index contributed by atoms with van der Waals surface area (Å²) in [7, 11) is 1.46. The van der Waals surface area contributed by atoms with Crippen molar-refractivity contribution in [3.63, 3.8) is 0 Å². The van der Waals surface area contributed by atoms with Gasteiger partial charge < -0.3 is 10.4 Å². The summed E-state index contributed by atoms with van der Waals surface area (Å²) in [6, 6.07) is 5.64. The van der Waals surface area contributed by atoms with Gasteiger partial charge in [-0.2, -0.15) is 4.98 Å². The van der Waals surface area contributed by atoms with Crippen LogP contribution in [0, 0.1) is 13.8 Å². The number of hydrogen-bond acceptors (Lipinski definition) is 5. The topological polar surface area (TPSA) is 122 Å². The molecule has 0 unspecified atom stereocenters. The number of carboxylic acids is 1. The summed E-state index contributed by atoms with van der Waals surface area (Å²) in [4.78, 5) is 41.7. The number of aromatic nitrogens is 4. The van der Waals surface area contributed by atoms with Crippen molar-refractivity contribution in [2.24, 2.45) is 7.05 Å². The zero-order chi connectivity index (χ0) is 18.3. The van der Waals surface area contributed by atoms with Crippen molar-refractivity contribution >= 4 is 28.8 Å². The minimum Gasteiger partial charge on any atom is -0.480 e. The Morgan fingerprint density at radius 3 is 2.72 bits per heavy atom. The summed E-state index contributed by atoms with van der Waals surface area (Å²) in [6.07, 6.45) is 0. The number of anilines is 2. The van der Waals surface area contributed by atoms with Gasteiger partial charge in [-0.15, -0.1) is 0 Å². The van der Waals surface area contributed by atoms with Crippen LogP contribution < -0.4 is 16.6 Å². The molecule has 0 aliphatic carbocycles. The van der Waals surface area contributed by atoms with Crippen molar-refractivity contribution in [1.29, 1.82) is 0 Å². The van der Waals surface area contributed by atoms with Gasteiger partial charge in [0.25, 0.3) is 5.56 Å². The second-order valence-electron chi connectivity index (χ2n) is 5.78. The van der Waals surface area contributed by atoms with E-state index in [0.717, 1.165) is 16.8 Å². The molecule has 1 aromatic carbocycles. The van der Waals surface area contributed by atoms with Gasteiger partial charge in [0.2, 0.25) is 5.95 Å². The average molecular weight is 343 g/mol. The second kappa shape index (κ2) is 5.93. The van der Waals surface area contributed by atoms with Crippen LogP contribution in [0.1, 0.15) is 11.1 Å². The van der Waals surface area contributed by atoms with E-state index < -0.39 is 23.8 Å². The van der Waals surface area contributed by atoms with Gasteiger partial charge >= 0.3 is 11.7 Å². The van der Waals surface area contributed by atoms with Crippen LogP contribution in [0.4, 0.5) is 11.6 Å². The van der Waals surface area contributed by atoms with Crippen LogP contribution in [-0.4, -0.2) is 30.2 Å². The highest BCUT2D eigenvalue weighted by Crippen LogP contribution is 2.24. The number of fused-ring (bicyclic) bond motifs is 1. The molecule has 3 N–H and O–H groups in total. The normalized spacial score (nSPS) is 11.0. The molecule has 3 rings (SSSR count). The SMILES string of the molecule is Cc1cccc(Nc2nc3c(c(=O)[nH]c(=O)n3C)n2CC(=O)O)c1C. The molecule has 0 radical (unpaired) electrons. The number of H-pyrrole nitrogens is 1. The summed E-state index contributed by atoms with van der Waals surface area (Å²) in [5.41, 5.74) is 1.61. The van der Waals surface area contributed by atoms with E-state index in [1.165, 1.54) is 16.2 Å². The van der Waals surface area contributed by atoms with Gasteiger partial charge in [0.05, 0.1) is 0 Å². The second-order valence-corrected chi connectivity index (χ2v) is 5.78. The van der Waals surface area contributed by atoms with Crippen molar-refractivity contribution < 1.29 is 9.90 Å². The van der Waals surface area contributed by atoms with Crippen molar-refractivity contribution in [1.82, 2.24) is 19.1 Å². The van der Waals surface area contributed by atoms with Gasteiger partial charge in [0, 0.05) is 12.7 Å². The minimum atomic E-state index is -1.13. The molecule has 0 saturated heterocycles. The zero-order valence-corrected chi connectivity index (χ0v) is 14.0. The Balaban J connectivity index is 2.27. The molecule has 25 heavy (non-hydrogen) atoms. The van der Waals surface area contributed by atoms with Crippen molar-refractivity contribution in [2.45, 2.75) is 20.4 Å². The molecule has 0 amide bonds. The molecule has 0 saturated carbocycles. The highest BCUT2D eigenvalue weighted by Gasteiger charge is 2.19. The molecular formula is C16H17N5O4. The number of imidazole rings is 1. The number of benzene rings is 1. The Morgan fingerprint density at radius 1 is 1.32 bits per heavy atom. The fraction of sp³-hybridized carbons (Fsp3) is 0.250. The van der Waals surface area contributed by atoms with E-state index in [1.54, 1.807) is 0 Å². The molecule has 3 aromatic rings. The molecule has 0 aliphatic rings. The van der Waals surface area contributed by atoms with Crippen LogP contribution in [0.25, 0.3) is 11.2 Å². The van der Waals surface area contributed by atoms with Crippen LogP contribution >= 0.6 is 0 Å². The molecule has 9 heteroatoms. The molecule has 0 bridgehead atoms. The lowest BCUT2D eigenvalue weighted by Gasteiger charge is -2.12. The van der Waals surface area contributed by atoms with Crippen LogP contribution in [0.3, 0.4) is 0 Å². The largest absolute Gasteiger partial charge is 0.480 e. The molecule has 0 spiro atoms. The van der Waals surface area contributed by atoms with Crippen LogP contribution in [0.2, 0.25) is 0 Å². The Morgan fingerprint density at radius 2 is 2.04 bits per heavy atom. The highest BCUT2D eigenvalue weighted by atomic mass is 16.4. The first-order valence-corrected chi connectivity index (χ1v) is 7.54. The Labute approximate surface area is 141 Å². The summed E-state index contributed by atoms with van der Waals surface area (Å²) >= 11 is 0. The Hall–Kier alpha value is -3.36. The van der Waals surface area contributed by atoms with E-state index in [9.17, 15) is 19.5 Å². The maximum absolute atomic E-state index is 12.2. The first-order valence-electron chi connectivity index (χ1n) is 7.54. The first kappa shape index (κ1) is 16.5. The lowest BCUT2D eigenvalue weighted by Crippen LogP contribution is -2.29. The van der Waals surface area contributed by atoms with Crippen molar-refractivity contribution in [2.75, 3.05) is 5.32 Å². The average Bonchev–Trinajstić information content (AvgIpc) is 2.88. The number of aromatic amines is 1. The van der Waals surface area contributed by atoms with Gasteiger partial charge in [0.15, 0.2) is 11.2 Å². The molecule has 2 aromatic heterocycles. The standard InChI is InChI=1S/C16H17N5O4/c1-8-5-4-6-10(9(8)2)17-15-18-13-12(21(15)7-11(22)23)14(24)19-16(25)20(13)3/h4-6H,7H2,1-3H3,(H,17,18)(H,22,23)(H,19,24,25). The fourth-order valence-corrected chi connectivity index (χ4v) is 2.63. The number of carbonyl (C=O) groups is 1. The minimum absolute atomic E-state index is 0.0253. The van der Waals surface area contributed by atoms with E-state index in [1.807, 2.05) is 32.0 Å². The first-order chi connectivity index (χ1) is 11.8. The Bertz CT molecular complexity index is 1110. The van der Waals surface area contributed by atoms with E-state index in [0.29, 0.717) is 0 Å². The predicted octanol–water partition coefficient (Wildman–Crippen LogP) is 0.868. The summed E-state index contributed by atoms with van der Waals surface area (Å²) in [6.45, 7) is 3.41. The van der Waals surface area contributed by atoms with Crippen LogP contribution in [0.5, 0.6) is 0 Å². The van der Waals surface area contributed by atoms with Gasteiger partial charge in [-0.1, -0.05) is 12.1 Å². The number of rotatable bonds is 4. The number of aliphatic carboxylic acids is 1. The van der Waals surface area contributed by atoms with Gasteiger partial charge in [-0.25, -0.2) is 4.79 Å². The lowest BCUT2D eigenvalue weighted by atomic mass is 10.1. The van der Waals surface area contributed by atoms with Gasteiger partial charge in [-0.3, -0.25) is 23.7 Å². The lowest BCUT2D eigenvalue weighted by molar-refractivity contribution is -0.137. The van der Waals surface area contributed by atoms with Crippen molar-refractivity contribution in [3.05, 3.63) is 50.2 Å². The molecular weight excluding hydrogens is 326 g/mol. The van der Waals surface area contributed by atoms with Crippen LogP contribution in [-0.2, 0) is 18.4 Å². The molecule has 130 valence electrons. The predicted molar refractivity (Wildman–Crippen MR) is 92.4 cm³/mol. The van der Waals surface area contributed by atoms with Gasteiger partial charge in [-0.05, 0) is 31.0 Å². The number of aryl methyl sites for hydroxylation is 2. The van der Waals surface area contributed by atoms with Crippen LogP contribution in [0.15, 0.2) is 27.8 Å². The maximum Gasteiger partial charge on any atom is 0.329 e. The zero-order valence-electron chi connectivity index (χ0n) is 14.0. The maximum atomic E-state index is 12.2. The van der Waals surface area contributed by atoms with E-state index in [2.05, 4.69) is 15.3 Å². The number of carboxylic acid groups (broad SMARTS) is 1. The van der Waals surface area contributed by atoms with E-state index in [4.69, 9.17) is 0 Å². The third-order valence-electron chi connectivity index (χ3n) is 4.15. The smallest absolute Gasteiger partial charge is 0.329 e. The monoisotopic (exact) mass is 343 g/mol. The summed E-state index contributed by atoms with van der Waals surface area (Å²) in [5, 5.41) is 12.3. The number of hydrogen-bond donors (Lipinski definition) is 3. The number of nitrogens with zero attached hydrogens (tertiary/aromatic N) is 3. The third-order valence-corrected chi connectivity index (χ3v) is 4.15. The summed E-state index contributed by atoms with van der Waals surface area (Å²) in [5.74, 6) is -0.950. The van der Waals surface area contributed by atoms with Gasteiger partial charge in [0.1, 0.15) is 6.54 Å². The molecule has 0 fully saturated rings. The third kappa shape index (κ3) is 2.80. The quantitative estimate of drug-likeness (QED) is 0.646. The molecule has 2 heterocycles. The van der Waals surface area contributed by atoms with E-state index in [-0.39, 0.29) is 17.1 Å². The molecule has 0 atom stereocenters. The molecule has 0 aliphatic heterocycles. The summed E-state index contributed by atoms with van der Waals surface area (Å²) < 4.78 is 2.42. The highest BCUT2D eigenvalue weighted by molar-refractivity contribution is 5.79. The number of nitrogens with one attached hydrogen (secondary N) is 2. The Kier molecular flexibility index (Phi) is 3.91. The van der Waals surface area contributed by atoms with Crippen molar-refractivity contribution in [3.8, 4) is 0 Å². The van der Waals surface area contributed by atoms with E-state index >= 15 is 0 Å². The fourth-order valence-electron chi connectivity index (χ4n) is 2.63. The molecule has 9 nitrogen and oxygen atoms in total.